The molecular formula is C25H33N3O3. The van der Waals surface area contributed by atoms with Crippen LogP contribution < -0.4 is 5.32 Å². The van der Waals surface area contributed by atoms with Gasteiger partial charge < -0.3 is 20.2 Å². The predicted octanol–water partition coefficient (Wildman–Crippen LogP) is 2.71. The highest BCUT2D eigenvalue weighted by atomic mass is 16.3. The fourth-order valence-electron chi connectivity index (χ4n) is 5.18. The highest BCUT2D eigenvalue weighted by molar-refractivity contribution is 5.87. The summed E-state index contributed by atoms with van der Waals surface area (Å²) in [6, 6.07) is 7.85. The van der Waals surface area contributed by atoms with E-state index in [1.807, 2.05) is 24.3 Å². The van der Waals surface area contributed by atoms with Crippen molar-refractivity contribution in [3.8, 4) is 11.8 Å². The van der Waals surface area contributed by atoms with E-state index < -0.39 is 0 Å². The minimum Gasteiger partial charge on any atom is -0.394 e. The van der Waals surface area contributed by atoms with E-state index in [2.05, 4.69) is 31.0 Å². The van der Waals surface area contributed by atoms with Gasteiger partial charge in [-0.3, -0.25) is 4.79 Å². The number of nitrogens with zero attached hydrogens (tertiary/aromatic N) is 2. The lowest BCUT2D eigenvalue weighted by Gasteiger charge is -2.58. The molecule has 3 aliphatic rings. The maximum atomic E-state index is 12.8. The Balaban J connectivity index is 1.46. The van der Waals surface area contributed by atoms with E-state index in [1.54, 1.807) is 9.80 Å². The molecule has 6 heteroatoms. The number of aliphatic hydroxyl groups is 1. The standard InChI is InChI=1S/C25H33N3O3/c1-17(2)8-9-18-10-12-19(13-11-18)24-21-14-27(15-23(30)28(21)22(24)16-29)25(31)26-20-6-4-3-5-7-20/h10-13,17,20-22,24,29H,3-7,14-16H2,1-2H3,(H,26,31)/t21-,22+,24-/m0/s1. The second kappa shape index (κ2) is 9.32. The normalized spacial score (nSPS) is 26.1. The number of carbonyl (C=O) groups is 2. The van der Waals surface area contributed by atoms with Crippen LogP contribution in [0.3, 0.4) is 0 Å². The van der Waals surface area contributed by atoms with Gasteiger partial charge in [0.25, 0.3) is 0 Å². The molecule has 3 amide bonds. The van der Waals surface area contributed by atoms with Crippen LogP contribution >= 0.6 is 0 Å². The summed E-state index contributed by atoms with van der Waals surface area (Å²) in [4.78, 5) is 29.1. The Bertz CT molecular complexity index is 864. The monoisotopic (exact) mass is 423 g/mol. The summed E-state index contributed by atoms with van der Waals surface area (Å²) in [6.45, 7) is 4.64. The number of aliphatic hydroxyl groups excluding tert-OH is 1. The number of piperazine rings is 1. The second-order valence-corrected chi connectivity index (χ2v) is 9.36. The SMILES string of the molecule is CC(C)C#Cc1ccc([C@@H]2[C@@H](CO)N3C(=O)CN(C(=O)NC4CCCCC4)C[C@@H]23)cc1. The van der Waals surface area contributed by atoms with Gasteiger partial charge in [0.05, 0.1) is 18.7 Å². The molecule has 1 aliphatic carbocycles. The third-order valence-corrected chi connectivity index (χ3v) is 6.77. The summed E-state index contributed by atoms with van der Waals surface area (Å²) in [7, 11) is 0. The Morgan fingerprint density at radius 1 is 1.19 bits per heavy atom. The lowest BCUT2D eigenvalue weighted by Crippen LogP contribution is -2.74. The topological polar surface area (TPSA) is 72.9 Å². The molecular weight excluding hydrogens is 390 g/mol. The van der Waals surface area contributed by atoms with Crippen molar-refractivity contribution >= 4 is 11.9 Å². The molecule has 0 spiro atoms. The number of hydrogen-bond donors (Lipinski definition) is 2. The first-order valence-electron chi connectivity index (χ1n) is 11.6. The van der Waals surface area contributed by atoms with Crippen molar-refractivity contribution in [1.82, 2.24) is 15.1 Å². The first kappa shape index (κ1) is 21.7. The van der Waals surface area contributed by atoms with Crippen LogP contribution in [0.25, 0.3) is 0 Å². The number of urea groups is 1. The van der Waals surface area contributed by atoms with Crippen molar-refractivity contribution in [3.63, 3.8) is 0 Å². The third kappa shape index (κ3) is 4.57. The lowest BCUT2D eigenvalue weighted by molar-refractivity contribution is -0.159. The van der Waals surface area contributed by atoms with Crippen LogP contribution in [0.2, 0.25) is 0 Å². The van der Waals surface area contributed by atoms with E-state index in [4.69, 9.17) is 0 Å². The third-order valence-electron chi connectivity index (χ3n) is 6.77. The van der Waals surface area contributed by atoms with Crippen molar-refractivity contribution < 1.29 is 14.7 Å². The van der Waals surface area contributed by atoms with Gasteiger partial charge in [0.15, 0.2) is 0 Å². The molecule has 0 bridgehead atoms. The Labute approximate surface area is 185 Å². The fraction of sp³-hybridized carbons (Fsp3) is 0.600. The quantitative estimate of drug-likeness (QED) is 0.735. The Morgan fingerprint density at radius 2 is 1.90 bits per heavy atom. The molecule has 0 unspecified atom stereocenters. The summed E-state index contributed by atoms with van der Waals surface area (Å²) < 4.78 is 0. The van der Waals surface area contributed by atoms with Crippen LogP contribution in [0.15, 0.2) is 24.3 Å². The molecule has 0 radical (unpaired) electrons. The van der Waals surface area contributed by atoms with Crippen molar-refractivity contribution in [2.45, 2.75) is 70.0 Å². The zero-order valence-electron chi connectivity index (χ0n) is 18.5. The molecule has 4 rings (SSSR count). The van der Waals surface area contributed by atoms with Crippen LogP contribution in [0.1, 0.15) is 63.0 Å². The lowest BCUT2D eigenvalue weighted by atomic mass is 9.73. The Morgan fingerprint density at radius 3 is 2.55 bits per heavy atom. The maximum absolute atomic E-state index is 12.8. The van der Waals surface area contributed by atoms with Gasteiger partial charge in [-0.05, 0) is 30.5 Å². The molecule has 6 nitrogen and oxygen atoms in total. The first-order chi connectivity index (χ1) is 15.0. The number of hydrogen-bond acceptors (Lipinski definition) is 3. The molecule has 31 heavy (non-hydrogen) atoms. The number of amides is 3. The zero-order chi connectivity index (χ0) is 22.0. The fourth-order valence-corrected chi connectivity index (χ4v) is 5.18. The maximum Gasteiger partial charge on any atom is 0.318 e. The van der Waals surface area contributed by atoms with E-state index in [0.717, 1.165) is 36.8 Å². The smallest absolute Gasteiger partial charge is 0.318 e. The molecule has 166 valence electrons. The molecule has 3 atom stereocenters. The van der Waals surface area contributed by atoms with Crippen LogP contribution in [0.5, 0.6) is 0 Å². The second-order valence-electron chi connectivity index (χ2n) is 9.36. The number of rotatable bonds is 3. The van der Waals surface area contributed by atoms with E-state index in [1.165, 1.54) is 6.42 Å². The van der Waals surface area contributed by atoms with Gasteiger partial charge in [-0.15, -0.1) is 0 Å². The molecule has 2 aliphatic heterocycles. The number of nitrogens with one attached hydrogen (secondary N) is 1. The largest absolute Gasteiger partial charge is 0.394 e. The molecule has 1 aromatic rings. The molecule has 3 fully saturated rings. The van der Waals surface area contributed by atoms with Crippen LogP contribution in [-0.2, 0) is 4.79 Å². The minimum absolute atomic E-state index is 0.0198. The van der Waals surface area contributed by atoms with E-state index in [-0.39, 0.29) is 49.1 Å². The van der Waals surface area contributed by atoms with Gasteiger partial charge in [-0.1, -0.05) is 57.1 Å². The number of benzene rings is 1. The highest BCUT2D eigenvalue weighted by Gasteiger charge is 2.54. The molecule has 1 aromatic carbocycles. The van der Waals surface area contributed by atoms with Gasteiger partial charge in [0, 0.05) is 30.0 Å². The van der Waals surface area contributed by atoms with Gasteiger partial charge in [-0.2, -0.15) is 0 Å². The van der Waals surface area contributed by atoms with Gasteiger partial charge in [0.1, 0.15) is 6.54 Å². The zero-order valence-corrected chi connectivity index (χ0v) is 18.5. The summed E-state index contributed by atoms with van der Waals surface area (Å²) in [5.74, 6) is 6.60. The molecule has 2 N–H and O–H groups in total. The number of carbonyl (C=O) groups excluding carboxylic acids is 2. The first-order valence-corrected chi connectivity index (χ1v) is 11.6. The van der Waals surface area contributed by atoms with Crippen LogP contribution in [0.4, 0.5) is 4.79 Å². The minimum atomic E-state index is -0.228. The van der Waals surface area contributed by atoms with Crippen molar-refractivity contribution in [3.05, 3.63) is 35.4 Å². The average Bonchev–Trinajstić information content (AvgIpc) is 2.75. The molecule has 0 aromatic heterocycles. The summed E-state index contributed by atoms with van der Waals surface area (Å²) in [5, 5.41) is 13.1. The molecule has 2 saturated heterocycles. The van der Waals surface area contributed by atoms with Crippen LogP contribution in [0, 0.1) is 17.8 Å². The highest BCUT2D eigenvalue weighted by Crippen LogP contribution is 2.42. The molecule has 1 saturated carbocycles. The Kier molecular flexibility index (Phi) is 6.52. The average molecular weight is 424 g/mol. The van der Waals surface area contributed by atoms with Crippen molar-refractivity contribution in [1.29, 1.82) is 0 Å². The van der Waals surface area contributed by atoms with Crippen LogP contribution in [-0.4, -0.2) is 64.7 Å². The van der Waals surface area contributed by atoms with E-state index >= 15 is 0 Å². The summed E-state index contributed by atoms with van der Waals surface area (Å²) in [6.07, 6.45) is 5.57. The van der Waals surface area contributed by atoms with Gasteiger partial charge in [0.2, 0.25) is 5.91 Å². The number of fused-ring (bicyclic) bond motifs is 1. The molecule has 2 heterocycles. The van der Waals surface area contributed by atoms with Gasteiger partial charge >= 0.3 is 6.03 Å². The van der Waals surface area contributed by atoms with Crippen molar-refractivity contribution in [2.24, 2.45) is 5.92 Å². The van der Waals surface area contributed by atoms with E-state index in [0.29, 0.717) is 12.5 Å². The summed E-state index contributed by atoms with van der Waals surface area (Å²) >= 11 is 0. The van der Waals surface area contributed by atoms with Gasteiger partial charge in [-0.25, -0.2) is 4.79 Å². The predicted molar refractivity (Wildman–Crippen MR) is 119 cm³/mol. The van der Waals surface area contributed by atoms with Crippen molar-refractivity contribution in [2.75, 3.05) is 19.7 Å². The van der Waals surface area contributed by atoms with E-state index in [9.17, 15) is 14.7 Å². The Hall–Kier alpha value is -2.52. The summed E-state index contributed by atoms with van der Waals surface area (Å²) in [5.41, 5.74) is 2.04.